The van der Waals surface area contributed by atoms with Crippen molar-refractivity contribution in [1.82, 2.24) is 19.8 Å². The number of carbonyl (C=O) groups excluding carboxylic acids is 3. The Kier molecular flexibility index (Phi) is 5.69. The van der Waals surface area contributed by atoms with Gasteiger partial charge in [0.15, 0.2) is 5.82 Å². The van der Waals surface area contributed by atoms with Crippen LogP contribution in [0, 0.1) is 12.8 Å². The average Bonchev–Trinajstić information content (AvgIpc) is 3.10. The quantitative estimate of drug-likeness (QED) is 0.557. The Hall–Kier alpha value is -3.87. The fourth-order valence-electron chi connectivity index (χ4n) is 4.99. The summed E-state index contributed by atoms with van der Waals surface area (Å²) in [5.74, 6) is -0.0743. The Morgan fingerprint density at radius 2 is 1.65 bits per heavy atom. The zero-order chi connectivity index (χ0) is 23.8. The standard InChI is InChI=1S/C27H26N4O3/c1-17-10-11-19(24-28-12-6-13-29-24)22(15-17)27(34)30-14-5-7-18(2)23(30)16-31-25(32)20-8-3-4-9-21(20)26(31)33/h3-4,6,8-13,15,18,23H,5,7,14,16H2,1-2H3. The molecule has 2 aliphatic heterocycles. The van der Waals surface area contributed by atoms with Crippen molar-refractivity contribution in [2.45, 2.75) is 32.7 Å². The Bertz CT molecular complexity index is 1240. The lowest BCUT2D eigenvalue weighted by molar-refractivity contribution is 0.0369. The molecule has 0 N–H and O–H groups in total. The molecule has 2 aromatic carbocycles. The SMILES string of the molecule is Cc1ccc(-c2ncccn2)c(C(=O)N2CCCC(C)C2CN2C(=O)c3ccccc3C2=O)c1. The Balaban J connectivity index is 1.48. The normalized spacial score (nSPS) is 19.9. The fraction of sp³-hybridized carbons (Fsp3) is 0.296. The van der Waals surface area contributed by atoms with Gasteiger partial charge in [0.05, 0.1) is 29.3 Å². The van der Waals surface area contributed by atoms with Gasteiger partial charge in [0.1, 0.15) is 0 Å². The van der Waals surface area contributed by atoms with E-state index in [9.17, 15) is 14.4 Å². The van der Waals surface area contributed by atoms with E-state index in [4.69, 9.17) is 0 Å². The third-order valence-corrected chi connectivity index (χ3v) is 6.84. The van der Waals surface area contributed by atoms with E-state index in [0.717, 1.165) is 18.4 Å². The lowest BCUT2D eigenvalue weighted by atomic mass is 9.89. The van der Waals surface area contributed by atoms with E-state index in [1.807, 2.05) is 30.0 Å². The highest BCUT2D eigenvalue weighted by molar-refractivity contribution is 6.21. The predicted octanol–water partition coefficient (Wildman–Crippen LogP) is 3.99. The highest BCUT2D eigenvalue weighted by Crippen LogP contribution is 2.31. The van der Waals surface area contributed by atoms with Crippen molar-refractivity contribution in [2.24, 2.45) is 5.92 Å². The van der Waals surface area contributed by atoms with Crippen LogP contribution in [0.1, 0.15) is 56.4 Å². The molecule has 7 nitrogen and oxygen atoms in total. The van der Waals surface area contributed by atoms with Crippen LogP contribution in [0.4, 0.5) is 0 Å². The maximum Gasteiger partial charge on any atom is 0.261 e. The molecule has 7 heteroatoms. The number of benzene rings is 2. The van der Waals surface area contributed by atoms with E-state index in [1.54, 1.807) is 42.7 Å². The molecule has 2 atom stereocenters. The van der Waals surface area contributed by atoms with Crippen LogP contribution in [-0.2, 0) is 0 Å². The largest absolute Gasteiger partial charge is 0.334 e. The highest BCUT2D eigenvalue weighted by Gasteiger charge is 2.41. The number of piperidine rings is 1. The van der Waals surface area contributed by atoms with Crippen LogP contribution >= 0.6 is 0 Å². The van der Waals surface area contributed by atoms with Gasteiger partial charge in [-0.05, 0) is 49.9 Å². The second kappa shape index (κ2) is 8.82. The molecule has 0 spiro atoms. The van der Waals surface area contributed by atoms with Gasteiger partial charge in [-0.25, -0.2) is 9.97 Å². The molecule has 0 saturated carbocycles. The van der Waals surface area contributed by atoms with Crippen molar-refractivity contribution in [3.63, 3.8) is 0 Å². The van der Waals surface area contributed by atoms with Crippen LogP contribution < -0.4 is 0 Å². The van der Waals surface area contributed by atoms with Gasteiger partial charge in [0.2, 0.25) is 0 Å². The maximum absolute atomic E-state index is 13.9. The summed E-state index contributed by atoms with van der Waals surface area (Å²) < 4.78 is 0. The molecule has 1 aromatic heterocycles. The summed E-state index contributed by atoms with van der Waals surface area (Å²) in [7, 11) is 0. The van der Waals surface area contributed by atoms with E-state index < -0.39 is 0 Å². The molecule has 3 amide bonds. The number of carbonyl (C=O) groups is 3. The minimum absolute atomic E-state index is 0.126. The Morgan fingerprint density at radius 3 is 2.32 bits per heavy atom. The second-order valence-corrected chi connectivity index (χ2v) is 9.07. The number of aryl methyl sites for hydroxylation is 1. The summed E-state index contributed by atoms with van der Waals surface area (Å²) in [6.07, 6.45) is 5.11. The van der Waals surface area contributed by atoms with Crippen molar-refractivity contribution in [1.29, 1.82) is 0 Å². The number of likely N-dealkylation sites (tertiary alicyclic amines) is 1. The highest BCUT2D eigenvalue weighted by atomic mass is 16.2. The molecule has 2 unspecified atom stereocenters. The number of imide groups is 1. The third-order valence-electron chi connectivity index (χ3n) is 6.84. The van der Waals surface area contributed by atoms with Gasteiger partial charge in [-0.15, -0.1) is 0 Å². The third kappa shape index (κ3) is 3.77. The molecule has 34 heavy (non-hydrogen) atoms. The van der Waals surface area contributed by atoms with Gasteiger partial charge in [0, 0.05) is 24.5 Å². The van der Waals surface area contributed by atoms with Crippen molar-refractivity contribution < 1.29 is 14.4 Å². The summed E-state index contributed by atoms with van der Waals surface area (Å²) in [4.78, 5) is 51.8. The smallest absolute Gasteiger partial charge is 0.261 e. The minimum Gasteiger partial charge on any atom is -0.334 e. The van der Waals surface area contributed by atoms with Crippen LogP contribution in [0.3, 0.4) is 0 Å². The minimum atomic E-state index is -0.292. The summed E-state index contributed by atoms with van der Waals surface area (Å²) in [5, 5.41) is 0. The molecule has 5 rings (SSSR count). The molecular weight excluding hydrogens is 428 g/mol. The fourth-order valence-corrected chi connectivity index (χ4v) is 4.99. The summed E-state index contributed by atoms with van der Waals surface area (Å²) in [6, 6.07) is 14.0. The number of nitrogens with zero attached hydrogens (tertiary/aromatic N) is 4. The van der Waals surface area contributed by atoms with E-state index in [2.05, 4.69) is 16.9 Å². The summed E-state index contributed by atoms with van der Waals surface area (Å²) in [6.45, 7) is 4.78. The predicted molar refractivity (Wildman–Crippen MR) is 127 cm³/mol. The van der Waals surface area contributed by atoms with E-state index in [1.165, 1.54) is 4.90 Å². The lowest BCUT2D eigenvalue weighted by Crippen LogP contribution is -2.54. The van der Waals surface area contributed by atoms with Crippen LogP contribution in [0.25, 0.3) is 11.4 Å². The molecule has 172 valence electrons. The van der Waals surface area contributed by atoms with E-state index >= 15 is 0 Å². The Labute approximate surface area is 198 Å². The molecule has 2 aliphatic rings. The molecule has 3 heterocycles. The van der Waals surface area contributed by atoms with Crippen molar-refractivity contribution >= 4 is 17.7 Å². The zero-order valence-electron chi connectivity index (χ0n) is 19.3. The number of fused-ring (bicyclic) bond motifs is 1. The molecule has 0 radical (unpaired) electrons. The maximum atomic E-state index is 13.9. The van der Waals surface area contributed by atoms with Gasteiger partial charge in [-0.3, -0.25) is 19.3 Å². The molecule has 3 aromatic rings. The molecule has 1 saturated heterocycles. The monoisotopic (exact) mass is 454 g/mol. The number of rotatable bonds is 4. The molecule has 0 aliphatic carbocycles. The van der Waals surface area contributed by atoms with Gasteiger partial charge in [0.25, 0.3) is 17.7 Å². The van der Waals surface area contributed by atoms with Crippen molar-refractivity contribution in [3.8, 4) is 11.4 Å². The second-order valence-electron chi connectivity index (χ2n) is 9.07. The van der Waals surface area contributed by atoms with Gasteiger partial charge in [-0.1, -0.05) is 36.8 Å². The first-order valence-corrected chi connectivity index (χ1v) is 11.6. The average molecular weight is 455 g/mol. The topological polar surface area (TPSA) is 83.5 Å². The zero-order valence-corrected chi connectivity index (χ0v) is 19.3. The first-order valence-electron chi connectivity index (χ1n) is 11.6. The Morgan fingerprint density at radius 1 is 0.971 bits per heavy atom. The number of aromatic nitrogens is 2. The van der Waals surface area contributed by atoms with Crippen molar-refractivity contribution in [3.05, 3.63) is 83.2 Å². The number of hydrogen-bond donors (Lipinski definition) is 0. The van der Waals surface area contributed by atoms with Gasteiger partial charge in [-0.2, -0.15) is 0 Å². The number of amides is 3. The summed E-state index contributed by atoms with van der Waals surface area (Å²) in [5.41, 5.74) is 3.03. The molecule has 0 bridgehead atoms. The molecule has 1 fully saturated rings. The van der Waals surface area contributed by atoms with E-state index in [-0.39, 0.29) is 36.2 Å². The first-order chi connectivity index (χ1) is 16.5. The van der Waals surface area contributed by atoms with Crippen molar-refractivity contribution in [2.75, 3.05) is 13.1 Å². The lowest BCUT2D eigenvalue weighted by Gasteiger charge is -2.41. The first kappa shape index (κ1) is 21.9. The van der Waals surface area contributed by atoms with Gasteiger partial charge < -0.3 is 4.90 Å². The van der Waals surface area contributed by atoms with E-state index in [0.29, 0.717) is 34.6 Å². The van der Waals surface area contributed by atoms with Gasteiger partial charge >= 0.3 is 0 Å². The molecular formula is C27H26N4O3. The van der Waals surface area contributed by atoms with Crippen LogP contribution in [0.15, 0.2) is 60.9 Å². The van der Waals surface area contributed by atoms with Crippen LogP contribution in [0.5, 0.6) is 0 Å². The summed E-state index contributed by atoms with van der Waals surface area (Å²) >= 11 is 0. The van der Waals surface area contributed by atoms with Crippen LogP contribution in [-0.4, -0.2) is 56.6 Å². The van der Waals surface area contributed by atoms with Crippen LogP contribution in [0.2, 0.25) is 0 Å². The number of hydrogen-bond acceptors (Lipinski definition) is 5.